The van der Waals surface area contributed by atoms with Crippen LogP contribution in [0.3, 0.4) is 0 Å². The summed E-state index contributed by atoms with van der Waals surface area (Å²) in [6.45, 7) is 3.15. The number of hydrogen-bond acceptors (Lipinski definition) is 14. The van der Waals surface area contributed by atoms with E-state index in [2.05, 4.69) is 40.3 Å². The fraction of sp³-hybridized carbons (Fsp3) is 0.167. The summed E-state index contributed by atoms with van der Waals surface area (Å²) in [6.07, 6.45) is 7.25. The van der Waals surface area contributed by atoms with Crippen LogP contribution in [-0.2, 0) is 44.0 Å². The van der Waals surface area contributed by atoms with Gasteiger partial charge in [0.1, 0.15) is 23.2 Å². The molecule has 0 fully saturated rings. The number of fused-ring (bicyclic) bond motifs is 2. The zero-order valence-electron chi connectivity index (χ0n) is 36.3. The molecule has 68 heavy (non-hydrogen) atoms. The van der Waals surface area contributed by atoms with Crippen LogP contribution in [0.2, 0.25) is 0 Å². The number of rotatable bonds is 14. The van der Waals surface area contributed by atoms with Crippen molar-refractivity contribution in [3.8, 4) is 34.5 Å². The lowest BCUT2D eigenvalue weighted by Crippen LogP contribution is -2.24. The monoisotopic (exact) mass is 954 g/mol. The van der Waals surface area contributed by atoms with E-state index in [1.54, 1.807) is 47.2 Å². The molecule has 0 radical (unpaired) electrons. The van der Waals surface area contributed by atoms with E-state index in [4.69, 9.17) is 8.83 Å². The van der Waals surface area contributed by atoms with Crippen LogP contribution in [0.5, 0.6) is 0 Å². The minimum atomic E-state index is -3.69. The van der Waals surface area contributed by atoms with Crippen LogP contribution < -0.4 is 0 Å². The summed E-state index contributed by atoms with van der Waals surface area (Å²) in [5, 5.41) is 19.2. The fourth-order valence-corrected chi connectivity index (χ4v) is 10.0. The lowest BCUT2D eigenvalue weighted by atomic mass is 10.1. The molecule has 0 spiro atoms. The summed E-state index contributed by atoms with van der Waals surface area (Å²) in [6, 6.07) is 34.1. The minimum absolute atomic E-state index is 0.0516. The van der Waals surface area contributed by atoms with Crippen LogP contribution in [0.15, 0.2) is 155 Å². The molecule has 10 aromatic rings. The quantitative estimate of drug-likeness (QED) is 0.100. The number of sulfone groups is 2. The highest BCUT2D eigenvalue weighted by atomic mass is 32.2. The van der Waals surface area contributed by atoms with Gasteiger partial charge in [0.05, 0.1) is 59.2 Å². The van der Waals surface area contributed by atoms with Crippen LogP contribution >= 0.6 is 0 Å². The summed E-state index contributed by atoms with van der Waals surface area (Å²) >= 11 is 0. The fourth-order valence-electron chi connectivity index (χ4n) is 7.57. The first-order valence-corrected chi connectivity index (χ1v) is 24.6. The molecule has 0 aliphatic rings. The van der Waals surface area contributed by atoms with E-state index in [9.17, 15) is 25.6 Å². The maximum Gasteiger partial charge on any atom is 0.204 e. The van der Waals surface area contributed by atoms with Gasteiger partial charge in [-0.1, -0.05) is 72.8 Å². The molecule has 16 nitrogen and oxygen atoms in total. The molecule has 344 valence electrons. The number of aromatic nitrogens is 10. The number of furan rings is 2. The van der Waals surface area contributed by atoms with Crippen molar-refractivity contribution >= 4 is 41.2 Å². The second-order valence-corrected chi connectivity index (χ2v) is 20.6. The predicted octanol–water partition coefficient (Wildman–Crippen LogP) is 8.31. The summed E-state index contributed by atoms with van der Waals surface area (Å²) < 4.78 is 93.9. The number of halogens is 2. The normalized spacial score (nSPS) is 12.8. The molecule has 0 unspecified atom stereocenters. The van der Waals surface area contributed by atoms with Crippen molar-refractivity contribution in [2.45, 2.75) is 48.7 Å². The van der Waals surface area contributed by atoms with Gasteiger partial charge in [-0.2, -0.15) is 0 Å². The molecular formula is C48H40F2N10O6S2. The Balaban J connectivity index is 0.000000170. The Bertz CT molecular complexity index is 3320. The largest absolute Gasteiger partial charge is 0.461 e. The molecule has 4 aromatic carbocycles. The third kappa shape index (κ3) is 9.67. The molecule has 6 heterocycles. The molecule has 0 aliphatic heterocycles. The number of benzene rings is 4. The molecule has 0 saturated carbocycles. The lowest BCUT2D eigenvalue weighted by molar-refractivity contribution is 0.572. The van der Waals surface area contributed by atoms with Crippen LogP contribution in [0.1, 0.15) is 37.1 Å². The Morgan fingerprint density at radius 3 is 1.26 bits per heavy atom. The molecular weight excluding hydrogens is 915 g/mol. The number of hydrogen-bond donors (Lipinski definition) is 0. The van der Waals surface area contributed by atoms with Gasteiger partial charge in [-0.05, 0) is 61.0 Å². The van der Waals surface area contributed by atoms with Crippen molar-refractivity contribution in [1.29, 1.82) is 0 Å². The summed E-state index contributed by atoms with van der Waals surface area (Å²) in [4.78, 5) is 15.5. The van der Waals surface area contributed by atoms with Crippen molar-refractivity contribution in [3.63, 3.8) is 0 Å². The maximum atomic E-state index is 13.3. The average molecular weight is 955 g/mol. The third-order valence-electron chi connectivity index (χ3n) is 11.1. The van der Waals surface area contributed by atoms with Gasteiger partial charge in [0, 0.05) is 23.6 Å². The molecule has 0 bridgehead atoms. The van der Waals surface area contributed by atoms with E-state index in [1.807, 2.05) is 84.9 Å². The summed E-state index contributed by atoms with van der Waals surface area (Å²) in [7, 11) is -7.38. The van der Waals surface area contributed by atoms with E-state index in [0.717, 1.165) is 57.7 Å². The molecule has 0 saturated heterocycles. The van der Waals surface area contributed by atoms with Crippen LogP contribution in [0.4, 0.5) is 8.78 Å². The number of nitrogens with zero attached hydrogens (tertiary/aromatic N) is 10. The highest BCUT2D eigenvalue weighted by molar-refractivity contribution is 7.91. The van der Waals surface area contributed by atoms with Gasteiger partial charge in [-0.25, -0.2) is 45.6 Å². The van der Waals surface area contributed by atoms with E-state index in [1.165, 1.54) is 12.5 Å². The Labute approximate surface area is 388 Å². The second kappa shape index (κ2) is 19.2. The zero-order chi connectivity index (χ0) is 47.4. The standard InChI is InChI=1S/2C24H20FN5O3S/c2*1-16(12-22-26-13-18(25)14-27-22)34(31,32)15-23-28-29-24(21-10-5-11-33-21)30(23)20-9-4-7-17-6-2-3-8-19(17)20/h2*2-11,13-14,16H,12,15H2,1H3/t2*16-/m10/s1. The molecule has 6 aromatic heterocycles. The van der Waals surface area contributed by atoms with Gasteiger partial charge >= 0.3 is 0 Å². The van der Waals surface area contributed by atoms with Crippen molar-refractivity contribution in [2.75, 3.05) is 0 Å². The van der Waals surface area contributed by atoms with Crippen molar-refractivity contribution < 1.29 is 34.5 Å². The van der Waals surface area contributed by atoms with Crippen LogP contribution in [-0.4, -0.2) is 76.8 Å². The molecule has 0 aliphatic carbocycles. The third-order valence-corrected chi connectivity index (χ3v) is 15.2. The van der Waals surface area contributed by atoms with Crippen LogP contribution in [0.25, 0.3) is 56.1 Å². The average Bonchev–Trinajstić information content (AvgIpc) is 4.19. The zero-order valence-corrected chi connectivity index (χ0v) is 38.0. The lowest BCUT2D eigenvalue weighted by Gasteiger charge is -2.15. The highest BCUT2D eigenvalue weighted by Gasteiger charge is 2.30. The van der Waals surface area contributed by atoms with Gasteiger partial charge in [-0.3, -0.25) is 9.13 Å². The van der Waals surface area contributed by atoms with Gasteiger partial charge in [-0.15, -0.1) is 20.4 Å². The van der Waals surface area contributed by atoms with Gasteiger partial charge in [0.2, 0.25) is 11.6 Å². The second-order valence-electron chi connectivity index (χ2n) is 15.8. The van der Waals surface area contributed by atoms with E-state index < -0.39 is 41.8 Å². The van der Waals surface area contributed by atoms with Crippen molar-refractivity contribution in [3.05, 3.63) is 181 Å². The molecule has 2 atom stereocenters. The Hall–Kier alpha value is -7.84. The summed E-state index contributed by atoms with van der Waals surface area (Å²) in [5.74, 6) is 0.910. The SMILES string of the molecule is C[C@@H](Cc1ncc(F)cn1)S(=O)(=O)Cc1nnc(-c2ccco2)n1-c1cccc2ccccc12.C[C@H](Cc1ncc(F)cn1)S(=O)(=O)Cc1nnc(-c2ccco2)n1-c1cccc2ccccc12. The maximum absolute atomic E-state index is 13.3. The summed E-state index contributed by atoms with van der Waals surface area (Å²) in [5.41, 5.74) is 1.49. The first kappa shape index (κ1) is 45.3. The van der Waals surface area contributed by atoms with E-state index >= 15 is 0 Å². The Morgan fingerprint density at radius 2 is 0.882 bits per heavy atom. The van der Waals surface area contributed by atoms with Crippen molar-refractivity contribution in [1.82, 2.24) is 49.5 Å². The molecule has 0 amide bonds. The molecule has 0 N–H and O–H groups in total. The smallest absolute Gasteiger partial charge is 0.204 e. The van der Waals surface area contributed by atoms with E-state index in [0.29, 0.717) is 23.2 Å². The van der Waals surface area contributed by atoms with Gasteiger partial charge in [0.25, 0.3) is 0 Å². The predicted molar refractivity (Wildman–Crippen MR) is 249 cm³/mol. The van der Waals surface area contributed by atoms with Gasteiger partial charge in [0.15, 0.2) is 54.5 Å². The van der Waals surface area contributed by atoms with Crippen LogP contribution in [0, 0.1) is 11.6 Å². The van der Waals surface area contributed by atoms with E-state index in [-0.39, 0.29) is 47.6 Å². The molecule has 10 rings (SSSR count). The van der Waals surface area contributed by atoms with Crippen molar-refractivity contribution in [2.24, 2.45) is 0 Å². The van der Waals surface area contributed by atoms with Gasteiger partial charge < -0.3 is 8.83 Å². The Kier molecular flexibility index (Phi) is 12.8. The minimum Gasteiger partial charge on any atom is -0.461 e. The Morgan fingerprint density at radius 1 is 0.500 bits per heavy atom. The first-order chi connectivity index (χ1) is 32.8. The highest BCUT2D eigenvalue weighted by Crippen LogP contribution is 2.32. The first-order valence-electron chi connectivity index (χ1n) is 21.1. The topological polar surface area (TPSA) is 208 Å². The molecule has 20 heteroatoms.